The molecule has 0 aromatic carbocycles. The Labute approximate surface area is 138 Å². The average molecular weight is 346 g/mol. The number of carbonyl (C=O) groups excluding carboxylic acids is 1. The number of hydrogen-bond acceptors (Lipinski definition) is 6. The van der Waals surface area contributed by atoms with Crippen molar-refractivity contribution in [2.24, 2.45) is 5.92 Å². The summed E-state index contributed by atoms with van der Waals surface area (Å²) in [7, 11) is -3.59. The summed E-state index contributed by atoms with van der Waals surface area (Å²) < 4.78 is 34.7. The summed E-state index contributed by atoms with van der Waals surface area (Å²) in [4.78, 5) is 11.6. The summed E-state index contributed by atoms with van der Waals surface area (Å²) >= 11 is 0. The topological polar surface area (TPSA) is 71.1 Å². The van der Waals surface area contributed by atoms with Gasteiger partial charge in [-0.2, -0.15) is 0 Å². The quantitative estimate of drug-likeness (QED) is 0.387. The van der Waals surface area contributed by atoms with E-state index in [1.807, 2.05) is 6.92 Å². The minimum Gasteiger partial charge on any atom is -0.463 e. The maximum atomic E-state index is 13.1. The standard InChI is InChI=1S/C16H27O6P/c1-7-19-15(17)10-14-8-13(6)9-16(20-14)23(18,21-11(2)3)22-12(4)5/h9-13H,7-8H2,1-6H3/b14-10+. The number of rotatable bonds is 7. The number of carbonyl (C=O) groups is 1. The molecule has 23 heavy (non-hydrogen) atoms. The minimum absolute atomic E-state index is 0.0410. The molecular weight excluding hydrogens is 319 g/mol. The maximum Gasteiger partial charge on any atom is 0.396 e. The number of allylic oxidation sites excluding steroid dienone is 2. The lowest BCUT2D eigenvalue weighted by atomic mass is 10.1. The van der Waals surface area contributed by atoms with Crippen molar-refractivity contribution in [1.82, 2.24) is 0 Å². The van der Waals surface area contributed by atoms with Crippen LogP contribution in [0.5, 0.6) is 0 Å². The van der Waals surface area contributed by atoms with E-state index in [0.717, 1.165) is 0 Å². The second kappa shape index (κ2) is 8.67. The van der Waals surface area contributed by atoms with Crippen molar-refractivity contribution in [2.45, 2.75) is 60.2 Å². The summed E-state index contributed by atoms with van der Waals surface area (Å²) in [6.45, 7) is 11.1. The van der Waals surface area contributed by atoms with Crippen LogP contribution in [-0.2, 0) is 27.9 Å². The molecule has 1 aliphatic rings. The number of esters is 1. The van der Waals surface area contributed by atoms with Crippen molar-refractivity contribution >= 4 is 13.6 Å². The minimum atomic E-state index is -3.59. The highest BCUT2D eigenvalue weighted by atomic mass is 31.2. The zero-order valence-electron chi connectivity index (χ0n) is 14.7. The molecule has 1 heterocycles. The molecule has 1 aliphatic heterocycles. The molecule has 0 fully saturated rings. The average Bonchev–Trinajstić information content (AvgIpc) is 2.35. The summed E-state index contributed by atoms with van der Waals surface area (Å²) in [5.74, 6) is -0.0481. The van der Waals surface area contributed by atoms with Crippen LogP contribution < -0.4 is 0 Å². The van der Waals surface area contributed by atoms with Crippen LogP contribution >= 0.6 is 7.60 Å². The smallest absolute Gasteiger partial charge is 0.396 e. The Bertz CT molecular complexity index is 507. The highest BCUT2D eigenvalue weighted by Gasteiger charge is 2.38. The normalized spacial score (nSPS) is 20.6. The summed E-state index contributed by atoms with van der Waals surface area (Å²) in [6.07, 6.45) is 2.94. The summed E-state index contributed by atoms with van der Waals surface area (Å²) in [5, 5.41) is 0. The van der Waals surface area contributed by atoms with Crippen LogP contribution in [0.4, 0.5) is 0 Å². The van der Waals surface area contributed by atoms with Gasteiger partial charge in [0.15, 0.2) is 0 Å². The zero-order chi connectivity index (χ0) is 17.6. The Kier molecular flexibility index (Phi) is 7.52. The molecule has 1 rings (SSSR count). The van der Waals surface area contributed by atoms with Gasteiger partial charge in [-0.3, -0.25) is 4.57 Å². The van der Waals surface area contributed by atoms with Crippen LogP contribution in [0, 0.1) is 5.92 Å². The van der Waals surface area contributed by atoms with Crippen LogP contribution in [0.25, 0.3) is 0 Å². The highest BCUT2D eigenvalue weighted by molar-refractivity contribution is 7.58. The van der Waals surface area contributed by atoms with Gasteiger partial charge >= 0.3 is 13.6 Å². The molecule has 132 valence electrons. The van der Waals surface area contributed by atoms with Gasteiger partial charge in [-0.25, -0.2) is 4.79 Å². The van der Waals surface area contributed by atoms with Crippen LogP contribution in [0.2, 0.25) is 0 Å². The van der Waals surface area contributed by atoms with E-state index in [1.165, 1.54) is 6.08 Å². The fourth-order valence-corrected chi connectivity index (χ4v) is 4.10. The number of ether oxygens (including phenoxy) is 2. The van der Waals surface area contributed by atoms with Gasteiger partial charge in [0.1, 0.15) is 5.76 Å². The Morgan fingerprint density at radius 3 is 2.39 bits per heavy atom. The van der Waals surface area contributed by atoms with E-state index < -0.39 is 13.6 Å². The highest BCUT2D eigenvalue weighted by Crippen LogP contribution is 2.60. The molecule has 0 saturated heterocycles. The van der Waals surface area contributed by atoms with E-state index >= 15 is 0 Å². The molecule has 0 aromatic rings. The van der Waals surface area contributed by atoms with E-state index in [1.54, 1.807) is 40.7 Å². The molecular formula is C16H27O6P. The zero-order valence-corrected chi connectivity index (χ0v) is 15.6. The van der Waals surface area contributed by atoms with Crippen LogP contribution in [0.3, 0.4) is 0 Å². The summed E-state index contributed by atoms with van der Waals surface area (Å²) in [6, 6.07) is 0. The Morgan fingerprint density at radius 2 is 1.91 bits per heavy atom. The Balaban J connectivity index is 3.06. The van der Waals surface area contributed by atoms with Crippen molar-refractivity contribution < 1.29 is 27.9 Å². The third-order valence-electron chi connectivity index (χ3n) is 2.72. The second-order valence-corrected chi connectivity index (χ2v) is 7.81. The molecule has 0 amide bonds. The predicted molar refractivity (Wildman–Crippen MR) is 87.7 cm³/mol. The van der Waals surface area contributed by atoms with E-state index in [0.29, 0.717) is 12.2 Å². The number of hydrogen-bond donors (Lipinski definition) is 0. The Morgan fingerprint density at radius 1 is 1.35 bits per heavy atom. The molecule has 1 unspecified atom stereocenters. The lowest BCUT2D eigenvalue weighted by Gasteiger charge is -2.28. The molecule has 6 nitrogen and oxygen atoms in total. The molecule has 0 aromatic heterocycles. The third-order valence-corrected chi connectivity index (χ3v) is 4.90. The van der Waals surface area contributed by atoms with Crippen LogP contribution in [0.15, 0.2) is 23.4 Å². The largest absolute Gasteiger partial charge is 0.463 e. The predicted octanol–water partition coefficient (Wildman–Crippen LogP) is 4.37. The molecule has 0 radical (unpaired) electrons. The van der Waals surface area contributed by atoms with Gasteiger partial charge in [-0.05, 0) is 46.6 Å². The lowest BCUT2D eigenvalue weighted by Crippen LogP contribution is -2.15. The first-order valence-electron chi connectivity index (χ1n) is 7.90. The molecule has 0 aliphatic carbocycles. The van der Waals surface area contributed by atoms with Gasteiger partial charge in [-0.1, -0.05) is 6.92 Å². The van der Waals surface area contributed by atoms with E-state index in [2.05, 4.69) is 0 Å². The fourth-order valence-electron chi connectivity index (χ4n) is 2.06. The molecule has 0 saturated carbocycles. The molecule has 0 spiro atoms. The molecule has 7 heteroatoms. The molecule has 0 bridgehead atoms. The van der Waals surface area contributed by atoms with Gasteiger partial charge in [0.2, 0.25) is 5.50 Å². The van der Waals surface area contributed by atoms with Crippen molar-refractivity contribution in [3.8, 4) is 0 Å². The fraction of sp³-hybridized carbons (Fsp3) is 0.688. The Hall–Kier alpha value is -1.10. The van der Waals surface area contributed by atoms with Crippen molar-refractivity contribution in [3.63, 3.8) is 0 Å². The van der Waals surface area contributed by atoms with Gasteiger partial charge in [0.25, 0.3) is 0 Å². The van der Waals surface area contributed by atoms with E-state index in [-0.39, 0.29) is 30.2 Å². The van der Waals surface area contributed by atoms with Gasteiger partial charge in [0, 0.05) is 6.42 Å². The third kappa shape index (κ3) is 6.50. The van der Waals surface area contributed by atoms with Crippen molar-refractivity contribution in [1.29, 1.82) is 0 Å². The van der Waals surface area contributed by atoms with Crippen molar-refractivity contribution in [3.05, 3.63) is 23.4 Å². The molecule has 1 atom stereocenters. The van der Waals surface area contributed by atoms with Gasteiger partial charge in [0.05, 0.1) is 24.9 Å². The van der Waals surface area contributed by atoms with Gasteiger partial charge in [-0.15, -0.1) is 0 Å². The van der Waals surface area contributed by atoms with Crippen molar-refractivity contribution in [2.75, 3.05) is 6.61 Å². The van der Waals surface area contributed by atoms with Crippen LogP contribution in [0.1, 0.15) is 48.0 Å². The first-order chi connectivity index (χ1) is 10.7. The maximum absolute atomic E-state index is 13.1. The van der Waals surface area contributed by atoms with E-state index in [4.69, 9.17) is 18.5 Å². The lowest BCUT2D eigenvalue weighted by molar-refractivity contribution is -0.137. The second-order valence-electron chi connectivity index (χ2n) is 5.96. The van der Waals surface area contributed by atoms with Crippen LogP contribution in [-0.4, -0.2) is 24.8 Å². The summed E-state index contributed by atoms with van der Waals surface area (Å²) in [5.41, 5.74) is 0.134. The first kappa shape index (κ1) is 19.9. The SMILES string of the molecule is CCOC(=O)/C=C1\CC(C)C=C(P(=O)(OC(C)C)OC(C)C)O1. The monoisotopic (exact) mass is 346 g/mol. The first-order valence-corrected chi connectivity index (χ1v) is 9.45. The van der Waals surface area contributed by atoms with Gasteiger partial charge < -0.3 is 18.5 Å². The van der Waals surface area contributed by atoms with E-state index in [9.17, 15) is 9.36 Å². The molecule has 0 N–H and O–H groups in total.